The smallest absolute Gasteiger partial charge is 0.143 e. The van der Waals surface area contributed by atoms with E-state index in [0.717, 1.165) is 61.3 Å². The van der Waals surface area contributed by atoms with E-state index in [1.807, 2.05) is 0 Å². The topological polar surface area (TPSA) is 21.3 Å². The Morgan fingerprint density at radius 3 is 1.67 bits per heavy atom. The fourth-order valence-electron chi connectivity index (χ4n) is 9.36. The maximum Gasteiger partial charge on any atom is 0.143 e. The van der Waals surface area contributed by atoms with Crippen LogP contribution in [0.15, 0.2) is 235 Å². The lowest BCUT2D eigenvalue weighted by molar-refractivity contribution is 0.670. The molecule has 0 saturated heterocycles. The highest BCUT2D eigenvalue weighted by atomic mass is 16.3. The van der Waals surface area contributed by atoms with Crippen LogP contribution < -0.4 is 4.90 Å². The third kappa shape index (κ3) is 5.82. The van der Waals surface area contributed by atoms with Crippen LogP contribution in [-0.4, -0.2) is 4.57 Å². The van der Waals surface area contributed by atoms with Crippen molar-refractivity contribution in [3.8, 4) is 39.1 Å². The third-order valence-corrected chi connectivity index (χ3v) is 12.2. The molecule has 286 valence electrons. The molecule has 0 spiro atoms. The van der Waals surface area contributed by atoms with Gasteiger partial charge < -0.3 is 13.9 Å². The number of fused-ring (bicyclic) bond motifs is 8. The van der Waals surface area contributed by atoms with Gasteiger partial charge in [0.1, 0.15) is 11.2 Å². The summed E-state index contributed by atoms with van der Waals surface area (Å²) in [6.07, 6.45) is 0. The van der Waals surface area contributed by atoms with Gasteiger partial charge in [-0.05, 0) is 93.7 Å². The van der Waals surface area contributed by atoms with Crippen LogP contribution >= 0.6 is 0 Å². The van der Waals surface area contributed by atoms with Crippen molar-refractivity contribution in [3.05, 3.63) is 231 Å². The van der Waals surface area contributed by atoms with E-state index < -0.39 is 0 Å². The number of rotatable bonds is 7. The van der Waals surface area contributed by atoms with Crippen LogP contribution in [0.3, 0.4) is 0 Å². The summed E-state index contributed by atoms with van der Waals surface area (Å²) in [5, 5.41) is 6.97. The van der Waals surface area contributed by atoms with E-state index in [0.29, 0.717) is 0 Å². The summed E-state index contributed by atoms with van der Waals surface area (Å²) in [5.41, 5.74) is 15.3. The van der Waals surface area contributed by atoms with E-state index in [2.05, 4.69) is 240 Å². The summed E-state index contributed by atoms with van der Waals surface area (Å²) in [4.78, 5) is 2.38. The quantitative estimate of drug-likeness (QED) is 0.161. The molecule has 0 aliphatic rings. The van der Waals surface area contributed by atoms with Gasteiger partial charge in [0.25, 0.3) is 0 Å². The first kappa shape index (κ1) is 34.9. The number of anilines is 3. The van der Waals surface area contributed by atoms with Crippen molar-refractivity contribution in [1.82, 2.24) is 4.57 Å². The fraction of sp³-hybridized carbons (Fsp3) is 0. The highest BCUT2D eigenvalue weighted by molar-refractivity contribution is 6.23. The summed E-state index contributed by atoms with van der Waals surface area (Å²) in [6.45, 7) is 0. The van der Waals surface area contributed by atoms with E-state index in [1.165, 1.54) is 49.3 Å². The van der Waals surface area contributed by atoms with Crippen molar-refractivity contribution in [2.75, 3.05) is 4.90 Å². The van der Waals surface area contributed by atoms with E-state index in [1.54, 1.807) is 0 Å². The molecule has 3 heteroatoms. The molecule has 0 amide bonds. The minimum Gasteiger partial charge on any atom is -0.455 e. The van der Waals surface area contributed by atoms with Gasteiger partial charge in [0.2, 0.25) is 0 Å². The highest BCUT2D eigenvalue weighted by Gasteiger charge is 2.24. The second-order valence-electron chi connectivity index (χ2n) is 15.7. The largest absolute Gasteiger partial charge is 0.455 e. The molecule has 12 rings (SSSR count). The summed E-state index contributed by atoms with van der Waals surface area (Å²) in [5.74, 6) is 0. The maximum atomic E-state index is 7.03. The van der Waals surface area contributed by atoms with Crippen molar-refractivity contribution in [3.63, 3.8) is 0 Å². The molecule has 0 N–H and O–H groups in total. The van der Waals surface area contributed by atoms with Crippen molar-refractivity contribution in [2.45, 2.75) is 0 Å². The van der Waals surface area contributed by atoms with Crippen LogP contribution in [0.5, 0.6) is 0 Å². The van der Waals surface area contributed by atoms with Gasteiger partial charge in [-0.1, -0.05) is 170 Å². The second-order valence-corrected chi connectivity index (χ2v) is 15.7. The number of nitrogens with zero attached hydrogens (tertiary/aromatic N) is 2. The normalized spacial score (nSPS) is 11.6. The molecule has 2 heterocycles. The van der Waals surface area contributed by atoms with Gasteiger partial charge in [-0.2, -0.15) is 0 Å². The van der Waals surface area contributed by atoms with Crippen molar-refractivity contribution < 1.29 is 4.42 Å². The third-order valence-electron chi connectivity index (χ3n) is 12.2. The van der Waals surface area contributed by atoms with E-state index in [-0.39, 0.29) is 0 Å². The summed E-state index contributed by atoms with van der Waals surface area (Å²) in [6, 6.07) is 82.8. The Labute approximate surface area is 353 Å². The molecule has 0 aliphatic heterocycles. The fourth-order valence-corrected chi connectivity index (χ4v) is 9.36. The number of para-hydroxylation sites is 4. The molecule has 0 saturated carbocycles. The summed E-state index contributed by atoms with van der Waals surface area (Å²) < 4.78 is 9.45. The SMILES string of the molecule is c1ccc(-c2ccc(-c3ccc(N(c4ccccc4)c4cc(-c5cccc6c7ccccc7n(-c7ccccc7)c56)c5oc6ccc7ccccc7c6c5c4)cc3)cc2)cc1. The number of benzene rings is 10. The van der Waals surface area contributed by atoms with Crippen LogP contribution in [0.2, 0.25) is 0 Å². The zero-order chi connectivity index (χ0) is 40.3. The van der Waals surface area contributed by atoms with Gasteiger partial charge >= 0.3 is 0 Å². The maximum absolute atomic E-state index is 7.03. The predicted octanol–water partition coefficient (Wildman–Crippen LogP) is 16.3. The van der Waals surface area contributed by atoms with Crippen LogP contribution in [-0.2, 0) is 0 Å². The first-order valence-electron chi connectivity index (χ1n) is 20.8. The monoisotopic (exact) mass is 778 g/mol. The van der Waals surface area contributed by atoms with Crippen molar-refractivity contribution >= 4 is 71.6 Å². The van der Waals surface area contributed by atoms with Gasteiger partial charge in [-0.25, -0.2) is 0 Å². The Morgan fingerprint density at radius 1 is 0.361 bits per heavy atom. The highest BCUT2D eigenvalue weighted by Crippen LogP contribution is 2.47. The van der Waals surface area contributed by atoms with Crippen LogP contribution in [0.4, 0.5) is 17.1 Å². The van der Waals surface area contributed by atoms with Crippen molar-refractivity contribution in [2.24, 2.45) is 0 Å². The lowest BCUT2D eigenvalue weighted by Crippen LogP contribution is -2.10. The number of hydrogen-bond acceptors (Lipinski definition) is 2. The first-order valence-corrected chi connectivity index (χ1v) is 20.8. The Morgan fingerprint density at radius 2 is 0.934 bits per heavy atom. The number of hydrogen-bond donors (Lipinski definition) is 0. The zero-order valence-electron chi connectivity index (χ0n) is 33.2. The Hall–Kier alpha value is -8.14. The van der Waals surface area contributed by atoms with Gasteiger partial charge in [0.05, 0.1) is 11.0 Å². The molecule has 10 aromatic carbocycles. The molecule has 0 unspecified atom stereocenters. The molecule has 2 aromatic heterocycles. The zero-order valence-corrected chi connectivity index (χ0v) is 33.2. The Balaban J connectivity index is 1.11. The summed E-state index contributed by atoms with van der Waals surface area (Å²) >= 11 is 0. The lowest BCUT2D eigenvalue weighted by Gasteiger charge is -2.26. The van der Waals surface area contributed by atoms with Crippen LogP contribution in [0.1, 0.15) is 0 Å². The van der Waals surface area contributed by atoms with Gasteiger partial charge in [0.15, 0.2) is 0 Å². The Kier molecular flexibility index (Phi) is 8.17. The minimum absolute atomic E-state index is 0.870. The van der Waals surface area contributed by atoms with Gasteiger partial charge in [0, 0.05) is 55.4 Å². The average Bonchev–Trinajstić information content (AvgIpc) is 3.89. The molecule has 0 aliphatic carbocycles. The Bertz CT molecular complexity index is 3550. The molecule has 0 bridgehead atoms. The van der Waals surface area contributed by atoms with E-state index in [4.69, 9.17) is 4.42 Å². The van der Waals surface area contributed by atoms with E-state index >= 15 is 0 Å². The molecule has 0 atom stereocenters. The van der Waals surface area contributed by atoms with Crippen LogP contribution in [0, 0.1) is 0 Å². The molecule has 61 heavy (non-hydrogen) atoms. The lowest BCUT2D eigenvalue weighted by atomic mass is 9.96. The molecule has 0 fully saturated rings. The molecule has 12 aromatic rings. The molecule has 0 radical (unpaired) electrons. The first-order chi connectivity index (χ1) is 30.3. The number of aromatic nitrogens is 1. The van der Waals surface area contributed by atoms with Crippen LogP contribution in [0.25, 0.3) is 93.6 Å². The predicted molar refractivity (Wildman–Crippen MR) is 257 cm³/mol. The minimum atomic E-state index is 0.870. The van der Waals surface area contributed by atoms with Gasteiger partial charge in [-0.3, -0.25) is 0 Å². The van der Waals surface area contributed by atoms with E-state index in [9.17, 15) is 0 Å². The average molecular weight is 779 g/mol. The molecule has 3 nitrogen and oxygen atoms in total. The molecular formula is C58H38N2O. The van der Waals surface area contributed by atoms with Crippen molar-refractivity contribution in [1.29, 1.82) is 0 Å². The summed E-state index contributed by atoms with van der Waals surface area (Å²) in [7, 11) is 0. The second kappa shape index (κ2) is 14.3. The molecular weight excluding hydrogens is 741 g/mol. The van der Waals surface area contributed by atoms with Gasteiger partial charge in [-0.15, -0.1) is 0 Å². The standard InChI is InChI=1S/C58H38N2O/c1-4-15-39(16-5-1)40-27-29-41(30-28-40)42-31-34-46(35-32-42)59(44-18-6-2-7-19-44)47-37-52(58-53(38-47)56-48-22-11-10-17-43(48)33-36-55(56)61-58)51-25-14-24-50-49-23-12-13-26-54(49)60(57(50)51)45-20-8-3-9-21-45/h1-38H. The number of furan rings is 1.